The number of aliphatic hydroxyl groups is 3. The number of Topliss-reactive ketones (excluding diaryl/α,β-unsaturated/α-hetero) is 1. The van der Waals surface area contributed by atoms with E-state index in [-0.39, 0.29) is 24.5 Å². The van der Waals surface area contributed by atoms with Crippen LogP contribution < -0.4 is 0 Å². The molecule has 0 aromatic heterocycles. The van der Waals surface area contributed by atoms with Crippen LogP contribution in [0.5, 0.6) is 0 Å². The van der Waals surface area contributed by atoms with Crippen molar-refractivity contribution in [2.24, 2.45) is 5.41 Å². The van der Waals surface area contributed by atoms with Gasteiger partial charge in [0, 0.05) is 19.9 Å². The first-order valence-corrected chi connectivity index (χ1v) is 10.2. The molecule has 9 nitrogen and oxygen atoms in total. The van der Waals surface area contributed by atoms with Crippen molar-refractivity contribution in [3.05, 3.63) is 0 Å². The number of hydrogen-bond acceptors (Lipinski definition) is 8. The third kappa shape index (κ3) is 1.53. The zero-order valence-corrected chi connectivity index (χ0v) is 16.9. The lowest BCUT2D eigenvalue weighted by molar-refractivity contribution is -0.166. The van der Waals surface area contributed by atoms with Crippen LogP contribution in [0.4, 0.5) is 0 Å². The van der Waals surface area contributed by atoms with E-state index in [4.69, 9.17) is 4.74 Å². The van der Waals surface area contributed by atoms with Gasteiger partial charge >= 0.3 is 0 Å². The number of aliphatic hydroxyl groups excluding tert-OH is 2. The van der Waals surface area contributed by atoms with Crippen LogP contribution in [-0.2, 0) is 19.1 Å². The molecule has 10 heteroatoms. The number of ether oxygens (including phenoxy) is 1. The fourth-order valence-electron chi connectivity index (χ4n) is 5.96. The number of thioether (sulfide) groups is 1. The van der Waals surface area contributed by atoms with E-state index in [9.17, 15) is 29.7 Å². The molecule has 4 heterocycles. The van der Waals surface area contributed by atoms with Crippen molar-refractivity contribution in [2.75, 3.05) is 13.7 Å². The van der Waals surface area contributed by atoms with Crippen molar-refractivity contribution < 1.29 is 34.4 Å². The Labute approximate surface area is 166 Å². The molecule has 4 aliphatic heterocycles. The van der Waals surface area contributed by atoms with Crippen molar-refractivity contribution in [3.63, 3.8) is 0 Å². The maximum atomic E-state index is 13.3. The molecule has 7 atom stereocenters. The lowest BCUT2D eigenvalue weighted by Gasteiger charge is -2.40. The van der Waals surface area contributed by atoms with E-state index in [0.29, 0.717) is 0 Å². The molecular weight excluding hydrogens is 388 g/mol. The van der Waals surface area contributed by atoms with Gasteiger partial charge in [-0.2, -0.15) is 0 Å². The Balaban J connectivity index is 1.62. The lowest BCUT2D eigenvalue weighted by Crippen LogP contribution is -2.64. The summed E-state index contributed by atoms with van der Waals surface area (Å²) >= 11 is 1.02. The van der Waals surface area contributed by atoms with Crippen molar-refractivity contribution in [1.29, 1.82) is 0 Å². The van der Waals surface area contributed by atoms with E-state index in [1.54, 1.807) is 20.8 Å². The minimum atomic E-state index is -1.85. The first kappa shape index (κ1) is 18.8. The zero-order chi connectivity index (χ0) is 20.7. The fourth-order valence-corrected chi connectivity index (χ4v) is 7.82. The number of nitrogens with zero attached hydrogens (tertiary/aromatic N) is 2. The normalized spacial score (nSPS) is 53.7. The molecule has 0 unspecified atom stereocenters. The highest BCUT2D eigenvalue weighted by Crippen LogP contribution is 2.68. The highest BCUT2D eigenvalue weighted by Gasteiger charge is 2.86. The Morgan fingerprint density at radius 2 is 1.89 bits per heavy atom. The summed E-state index contributed by atoms with van der Waals surface area (Å²) in [4.78, 5) is 39.2. The van der Waals surface area contributed by atoms with Crippen molar-refractivity contribution in [1.82, 2.24) is 9.80 Å². The van der Waals surface area contributed by atoms with Crippen LogP contribution in [0, 0.1) is 5.41 Å². The van der Waals surface area contributed by atoms with Gasteiger partial charge in [-0.3, -0.25) is 14.4 Å². The van der Waals surface area contributed by atoms with Gasteiger partial charge in [-0.1, -0.05) is 25.6 Å². The molecule has 1 saturated carbocycles. The number of fused-ring (bicyclic) bond motifs is 3. The largest absolute Gasteiger partial charge is 0.392 e. The molecule has 2 spiro atoms. The van der Waals surface area contributed by atoms with E-state index in [2.05, 4.69) is 0 Å². The molecule has 5 rings (SSSR count). The number of ketones is 1. The van der Waals surface area contributed by atoms with Gasteiger partial charge in [-0.05, 0) is 6.92 Å². The molecular formula is C18H24N2O7S. The standard InChI is InChI=1S/C18H24N2O7S/c1-8-14(2,3)10(22)16(27-8)5-9-15(26,11(16)23)6-17-12(24)19(4)18(7-21,28-17)13(25)20(9)17/h8-9,11,21,23,26H,5-7H2,1-4H3/t8-,9-,11+,15+,16-,17-,18-/m1/s1. The number of hydrogen-bond donors (Lipinski definition) is 3. The average molecular weight is 412 g/mol. The zero-order valence-electron chi connectivity index (χ0n) is 16.1. The molecule has 5 aliphatic rings. The summed E-state index contributed by atoms with van der Waals surface area (Å²) in [6.07, 6.45) is -2.32. The quantitative estimate of drug-likeness (QED) is 0.472. The van der Waals surface area contributed by atoms with E-state index >= 15 is 0 Å². The molecule has 1 aliphatic carbocycles. The summed E-state index contributed by atoms with van der Waals surface area (Å²) in [7, 11) is 1.46. The van der Waals surface area contributed by atoms with Crippen LogP contribution in [0.3, 0.4) is 0 Å². The van der Waals surface area contributed by atoms with Crippen LogP contribution in [0.1, 0.15) is 33.6 Å². The van der Waals surface area contributed by atoms with E-state index < -0.39 is 57.1 Å². The van der Waals surface area contributed by atoms with Crippen LogP contribution in [0.2, 0.25) is 0 Å². The van der Waals surface area contributed by atoms with Gasteiger partial charge in [0.1, 0.15) is 11.7 Å². The third-order valence-corrected chi connectivity index (χ3v) is 9.64. The number of carbonyl (C=O) groups excluding carboxylic acids is 3. The summed E-state index contributed by atoms with van der Waals surface area (Å²) in [5.41, 5.74) is -4.31. The first-order chi connectivity index (χ1) is 12.8. The molecule has 4 saturated heterocycles. The third-order valence-electron chi connectivity index (χ3n) is 7.87. The van der Waals surface area contributed by atoms with Crippen molar-refractivity contribution in [2.45, 2.75) is 72.8 Å². The smallest absolute Gasteiger partial charge is 0.263 e. The Hall–Kier alpha value is -1.20. The Bertz CT molecular complexity index is 850. The van der Waals surface area contributed by atoms with Gasteiger partial charge in [0.05, 0.1) is 24.2 Å². The Morgan fingerprint density at radius 3 is 2.43 bits per heavy atom. The summed E-state index contributed by atoms with van der Waals surface area (Å²) in [6.45, 7) is 4.67. The molecule has 2 bridgehead atoms. The number of rotatable bonds is 1. The summed E-state index contributed by atoms with van der Waals surface area (Å²) in [6, 6.07) is -0.946. The topological polar surface area (TPSA) is 128 Å². The highest BCUT2D eigenvalue weighted by molar-refractivity contribution is 8.04. The van der Waals surface area contributed by atoms with Gasteiger partial charge in [-0.25, -0.2) is 0 Å². The van der Waals surface area contributed by atoms with E-state index in [0.717, 1.165) is 11.8 Å². The highest BCUT2D eigenvalue weighted by atomic mass is 32.2. The summed E-state index contributed by atoms with van der Waals surface area (Å²) in [5.74, 6) is -1.17. The van der Waals surface area contributed by atoms with E-state index in [1.807, 2.05) is 0 Å². The van der Waals surface area contributed by atoms with Crippen LogP contribution >= 0.6 is 11.8 Å². The second kappa shape index (κ2) is 4.75. The SMILES string of the molecule is C[C@H]1O[C@]2(C[C@H]3N4C(=O)[C@@]5(CO)S[C@]4(C[C@@]3(O)[C@@H]2O)C(=O)N5C)C(=O)C1(C)C. The molecule has 0 radical (unpaired) electrons. The van der Waals surface area contributed by atoms with Crippen molar-refractivity contribution in [3.8, 4) is 0 Å². The van der Waals surface area contributed by atoms with Crippen molar-refractivity contribution >= 4 is 29.4 Å². The number of likely N-dealkylation sites (N-methyl/N-ethyl adjacent to an activating group) is 1. The number of carbonyl (C=O) groups is 3. The number of piperazine rings is 1. The monoisotopic (exact) mass is 412 g/mol. The second-order valence-corrected chi connectivity index (χ2v) is 10.9. The molecule has 5 fully saturated rings. The van der Waals surface area contributed by atoms with Crippen LogP contribution in [0.25, 0.3) is 0 Å². The van der Waals surface area contributed by atoms with Crippen LogP contribution in [-0.4, -0.2) is 95.6 Å². The Kier molecular flexibility index (Phi) is 3.19. The molecule has 154 valence electrons. The molecule has 28 heavy (non-hydrogen) atoms. The molecule has 0 aromatic rings. The van der Waals surface area contributed by atoms with Crippen LogP contribution in [0.15, 0.2) is 0 Å². The maximum absolute atomic E-state index is 13.3. The fraction of sp³-hybridized carbons (Fsp3) is 0.833. The minimum absolute atomic E-state index is 0.0795. The minimum Gasteiger partial charge on any atom is -0.392 e. The summed E-state index contributed by atoms with van der Waals surface area (Å²) in [5, 5.41) is 32.5. The average Bonchev–Trinajstić information content (AvgIpc) is 3.24. The first-order valence-electron chi connectivity index (χ1n) is 9.41. The second-order valence-electron chi connectivity index (χ2n) is 9.36. The predicted octanol–water partition coefficient (Wildman–Crippen LogP) is -1.56. The van der Waals surface area contributed by atoms with Gasteiger partial charge < -0.3 is 29.9 Å². The Morgan fingerprint density at radius 1 is 1.25 bits per heavy atom. The predicted molar refractivity (Wildman–Crippen MR) is 95.8 cm³/mol. The lowest BCUT2D eigenvalue weighted by atomic mass is 9.76. The number of amides is 2. The van der Waals surface area contributed by atoms with Gasteiger partial charge in [0.25, 0.3) is 11.8 Å². The molecule has 0 aromatic carbocycles. The maximum Gasteiger partial charge on any atom is 0.263 e. The molecule has 3 N–H and O–H groups in total. The van der Waals surface area contributed by atoms with Gasteiger partial charge in [0.15, 0.2) is 21.1 Å². The van der Waals surface area contributed by atoms with Gasteiger partial charge in [-0.15, -0.1) is 0 Å². The van der Waals surface area contributed by atoms with E-state index in [1.165, 1.54) is 16.8 Å². The van der Waals surface area contributed by atoms with Gasteiger partial charge in [0.2, 0.25) is 0 Å². The molecule has 2 amide bonds. The summed E-state index contributed by atoms with van der Waals surface area (Å²) < 4.78 is 5.96.